The summed E-state index contributed by atoms with van der Waals surface area (Å²) >= 11 is 0. The Hall–Kier alpha value is -2.11. The third kappa shape index (κ3) is 1.88. The van der Waals surface area contributed by atoms with E-state index < -0.39 is 5.97 Å². The maximum atomic E-state index is 10.4. The summed E-state index contributed by atoms with van der Waals surface area (Å²) in [6.45, 7) is 1.84. The molecule has 0 aliphatic heterocycles. The lowest BCUT2D eigenvalue weighted by atomic mass is 10.3. The molecular formula is C9H8N2O4. The van der Waals surface area contributed by atoms with Crippen molar-refractivity contribution in [2.24, 2.45) is 0 Å². The monoisotopic (exact) mass is 208 g/mol. The average Bonchev–Trinajstić information content (AvgIpc) is 2.72. The highest BCUT2D eigenvalue weighted by Crippen LogP contribution is 2.20. The topological polar surface area (TPSA) is 89.4 Å². The maximum Gasteiger partial charge on any atom is 0.312 e. The maximum absolute atomic E-state index is 10.4. The van der Waals surface area contributed by atoms with Gasteiger partial charge in [0.2, 0.25) is 11.7 Å². The van der Waals surface area contributed by atoms with E-state index in [1.807, 2.05) is 6.92 Å². The van der Waals surface area contributed by atoms with Crippen LogP contribution in [-0.4, -0.2) is 21.2 Å². The summed E-state index contributed by atoms with van der Waals surface area (Å²) in [7, 11) is 0. The lowest BCUT2D eigenvalue weighted by Gasteiger charge is -1.87. The summed E-state index contributed by atoms with van der Waals surface area (Å²) < 4.78 is 9.89. The number of hydrogen-bond acceptors (Lipinski definition) is 5. The molecule has 78 valence electrons. The molecule has 1 N–H and O–H groups in total. The van der Waals surface area contributed by atoms with Gasteiger partial charge in [-0.3, -0.25) is 4.79 Å². The second-order valence-corrected chi connectivity index (χ2v) is 3.01. The lowest BCUT2D eigenvalue weighted by Crippen LogP contribution is -1.99. The molecule has 0 spiro atoms. The summed E-state index contributed by atoms with van der Waals surface area (Å²) in [5.74, 6) is -0.182. The van der Waals surface area contributed by atoms with Crippen LogP contribution in [0.2, 0.25) is 0 Å². The summed E-state index contributed by atoms with van der Waals surface area (Å²) in [6, 6.07) is 1.77. The normalized spacial score (nSPS) is 10.5. The van der Waals surface area contributed by atoms with Crippen LogP contribution in [0.5, 0.6) is 0 Å². The van der Waals surface area contributed by atoms with Crippen molar-refractivity contribution in [2.45, 2.75) is 13.3 Å². The largest absolute Gasteiger partial charge is 0.481 e. The van der Waals surface area contributed by atoms with Gasteiger partial charge in [-0.1, -0.05) is 5.16 Å². The zero-order valence-corrected chi connectivity index (χ0v) is 7.93. The molecule has 6 nitrogen and oxygen atoms in total. The second kappa shape index (κ2) is 3.56. The molecule has 2 aromatic rings. The smallest absolute Gasteiger partial charge is 0.312 e. The Morgan fingerprint density at radius 1 is 1.60 bits per heavy atom. The van der Waals surface area contributed by atoms with E-state index in [-0.39, 0.29) is 18.1 Å². The van der Waals surface area contributed by atoms with Crippen molar-refractivity contribution in [3.8, 4) is 11.6 Å². The number of furan rings is 1. The first-order valence-electron chi connectivity index (χ1n) is 4.25. The number of nitrogens with zero attached hydrogens (tertiary/aromatic N) is 2. The molecule has 0 aromatic carbocycles. The second-order valence-electron chi connectivity index (χ2n) is 3.01. The fraction of sp³-hybridized carbons (Fsp3) is 0.222. The number of aliphatic carboxylic acids is 1. The molecule has 0 saturated heterocycles. The van der Waals surface area contributed by atoms with Gasteiger partial charge < -0.3 is 14.0 Å². The Labute approximate surface area is 84.5 Å². The number of carbonyl (C=O) groups is 1. The van der Waals surface area contributed by atoms with Crippen LogP contribution in [-0.2, 0) is 11.2 Å². The number of aryl methyl sites for hydroxylation is 1. The van der Waals surface area contributed by atoms with Gasteiger partial charge in [-0.2, -0.15) is 4.98 Å². The van der Waals surface area contributed by atoms with Gasteiger partial charge in [-0.05, 0) is 18.6 Å². The van der Waals surface area contributed by atoms with Crippen LogP contribution < -0.4 is 0 Å². The van der Waals surface area contributed by atoms with Crippen LogP contribution in [0.15, 0.2) is 21.3 Å². The first-order chi connectivity index (χ1) is 7.16. The Bertz CT molecular complexity index is 486. The number of rotatable bonds is 3. The molecule has 0 aliphatic rings. The quantitative estimate of drug-likeness (QED) is 0.816. The highest BCUT2D eigenvalue weighted by atomic mass is 16.5. The minimum absolute atomic E-state index is 0.0632. The fourth-order valence-corrected chi connectivity index (χ4v) is 1.15. The van der Waals surface area contributed by atoms with Gasteiger partial charge in [-0.25, -0.2) is 0 Å². The first kappa shape index (κ1) is 9.45. The fourth-order valence-electron chi connectivity index (χ4n) is 1.15. The van der Waals surface area contributed by atoms with Crippen molar-refractivity contribution in [1.29, 1.82) is 0 Å². The van der Waals surface area contributed by atoms with Crippen molar-refractivity contribution in [3.05, 3.63) is 23.8 Å². The van der Waals surface area contributed by atoms with Gasteiger partial charge in [0.1, 0.15) is 6.42 Å². The van der Waals surface area contributed by atoms with Crippen molar-refractivity contribution in [1.82, 2.24) is 10.1 Å². The number of hydrogen-bond donors (Lipinski definition) is 1. The molecule has 6 heteroatoms. The Kier molecular flexibility index (Phi) is 2.24. The molecule has 0 bridgehead atoms. The Morgan fingerprint density at radius 3 is 3.00 bits per heavy atom. The summed E-state index contributed by atoms with van der Waals surface area (Å²) in [5.41, 5.74) is 0.873. The van der Waals surface area contributed by atoms with Crippen LogP contribution in [0.25, 0.3) is 11.6 Å². The minimum Gasteiger partial charge on any atom is -0.481 e. The molecule has 15 heavy (non-hydrogen) atoms. The lowest BCUT2D eigenvalue weighted by molar-refractivity contribution is -0.136. The highest BCUT2D eigenvalue weighted by molar-refractivity contribution is 5.68. The molecule has 0 atom stereocenters. The van der Waals surface area contributed by atoms with Gasteiger partial charge in [0.15, 0.2) is 5.76 Å². The molecule has 2 heterocycles. The van der Waals surface area contributed by atoms with E-state index in [0.29, 0.717) is 5.76 Å². The van der Waals surface area contributed by atoms with Crippen molar-refractivity contribution in [3.63, 3.8) is 0 Å². The highest BCUT2D eigenvalue weighted by Gasteiger charge is 2.15. The molecule has 0 amide bonds. The van der Waals surface area contributed by atoms with E-state index in [9.17, 15) is 4.79 Å². The van der Waals surface area contributed by atoms with Gasteiger partial charge in [0.05, 0.1) is 6.26 Å². The average molecular weight is 208 g/mol. The van der Waals surface area contributed by atoms with Gasteiger partial charge >= 0.3 is 5.97 Å². The summed E-state index contributed by atoms with van der Waals surface area (Å²) in [5, 5.41) is 12.1. The third-order valence-electron chi connectivity index (χ3n) is 1.84. The van der Waals surface area contributed by atoms with E-state index in [4.69, 9.17) is 14.0 Å². The molecule has 2 rings (SSSR count). The van der Waals surface area contributed by atoms with E-state index in [1.54, 1.807) is 6.07 Å². The van der Waals surface area contributed by atoms with Crippen molar-refractivity contribution in [2.75, 3.05) is 0 Å². The molecule has 0 fully saturated rings. The first-order valence-corrected chi connectivity index (χ1v) is 4.25. The molecule has 0 saturated carbocycles. The zero-order valence-electron chi connectivity index (χ0n) is 7.93. The van der Waals surface area contributed by atoms with E-state index in [1.165, 1.54) is 6.26 Å². The van der Waals surface area contributed by atoms with Gasteiger partial charge in [0.25, 0.3) is 0 Å². The number of aromatic nitrogens is 2. The van der Waals surface area contributed by atoms with E-state index in [0.717, 1.165) is 5.56 Å². The van der Waals surface area contributed by atoms with Gasteiger partial charge in [0, 0.05) is 0 Å². The minimum atomic E-state index is -1.01. The SMILES string of the molecule is Cc1ccoc1-c1noc(CC(=O)O)n1. The number of carboxylic acid groups (broad SMARTS) is 1. The van der Waals surface area contributed by atoms with E-state index in [2.05, 4.69) is 10.1 Å². The summed E-state index contributed by atoms with van der Waals surface area (Å²) in [6.07, 6.45) is 1.23. The predicted molar refractivity (Wildman–Crippen MR) is 48.1 cm³/mol. The zero-order chi connectivity index (χ0) is 10.8. The van der Waals surface area contributed by atoms with Crippen molar-refractivity contribution < 1.29 is 18.8 Å². The van der Waals surface area contributed by atoms with Crippen LogP contribution in [0.1, 0.15) is 11.5 Å². The third-order valence-corrected chi connectivity index (χ3v) is 1.84. The Morgan fingerprint density at radius 2 is 2.40 bits per heavy atom. The molecule has 0 aliphatic carbocycles. The Balaban J connectivity index is 2.28. The summed E-state index contributed by atoms with van der Waals surface area (Å²) in [4.78, 5) is 14.3. The van der Waals surface area contributed by atoms with Crippen LogP contribution in [0.3, 0.4) is 0 Å². The van der Waals surface area contributed by atoms with E-state index >= 15 is 0 Å². The molecule has 0 radical (unpaired) electrons. The predicted octanol–water partition coefficient (Wildman–Crippen LogP) is 1.27. The standard InChI is InChI=1S/C9H8N2O4/c1-5-2-3-14-8(5)9-10-6(15-11-9)4-7(12)13/h2-3H,4H2,1H3,(H,12,13). The van der Waals surface area contributed by atoms with Gasteiger partial charge in [-0.15, -0.1) is 0 Å². The van der Waals surface area contributed by atoms with Crippen molar-refractivity contribution >= 4 is 5.97 Å². The van der Waals surface area contributed by atoms with Crippen LogP contribution >= 0.6 is 0 Å². The molecule has 0 unspecified atom stereocenters. The molecular weight excluding hydrogens is 200 g/mol. The molecule has 2 aromatic heterocycles. The number of carboxylic acids is 1. The van der Waals surface area contributed by atoms with Crippen LogP contribution in [0.4, 0.5) is 0 Å². The van der Waals surface area contributed by atoms with Crippen LogP contribution in [0, 0.1) is 6.92 Å².